The smallest absolute Gasteiger partial charge is 0.209 e. The van der Waals surface area contributed by atoms with E-state index in [-0.39, 0.29) is 0 Å². The van der Waals surface area contributed by atoms with Crippen molar-refractivity contribution in [3.05, 3.63) is 71.4 Å². The van der Waals surface area contributed by atoms with Crippen molar-refractivity contribution < 1.29 is 0 Å². The predicted octanol–water partition coefficient (Wildman–Crippen LogP) is 3.40. The van der Waals surface area contributed by atoms with Gasteiger partial charge < -0.3 is 9.88 Å². The summed E-state index contributed by atoms with van der Waals surface area (Å²) in [7, 11) is 1.86. The fourth-order valence-electron chi connectivity index (χ4n) is 3.27. The number of nitrogens with one attached hydrogen (secondary N) is 1. The first kappa shape index (κ1) is 18.7. The Balaban J connectivity index is 1.41. The molecule has 0 aliphatic heterocycles. The van der Waals surface area contributed by atoms with Crippen molar-refractivity contribution in [2.45, 2.75) is 25.2 Å². The van der Waals surface area contributed by atoms with E-state index in [1.165, 1.54) is 27.6 Å². The van der Waals surface area contributed by atoms with Gasteiger partial charge in [-0.25, -0.2) is 4.68 Å². The summed E-state index contributed by atoms with van der Waals surface area (Å²) in [5.74, 6) is 0.927. The van der Waals surface area contributed by atoms with Crippen molar-refractivity contribution in [1.29, 1.82) is 0 Å². The first-order valence-corrected chi connectivity index (χ1v) is 10.4. The second-order valence-electron chi connectivity index (χ2n) is 6.90. The summed E-state index contributed by atoms with van der Waals surface area (Å²) in [4.78, 5) is 0. The number of aromatic nitrogens is 5. The monoisotopic (exact) mass is 392 g/mol. The Morgan fingerprint density at radius 3 is 2.68 bits per heavy atom. The van der Waals surface area contributed by atoms with Crippen molar-refractivity contribution in [2.75, 3.05) is 12.3 Å². The quantitative estimate of drug-likeness (QED) is 0.368. The second-order valence-corrected chi connectivity index (χ2v) is 7.96. The van der Waals surface area contributed by atoms with Crippen LogP contribution in [0, 0.1) is 6.92 Å². The van der Waals surface area contributed by atoms with Crippen molar-refractivity contribution in [2.24, 2.45) is 7.05 Å². The Hall–Kier alpha value is -2.64. The molecule has 144 valence electrons. The molecule has 0 spiro atoms. The fourth-order valence-corrected chi connectivity index (χ4v) is 4.01. The van der Waals surface area contributed by atoms with Gasteiger partial charge in [-0.2, -0.15) is 0 Å². The maximum atomic E-state index is 3.99. The molecule has 6 nitrogen and oxygen atoms in total. The number of hydrogen-bond donors (Lipinski definition) is 1. The number of aryl methyl sites for hydroxylation is 2. The largest absolute Gasteiger partial charge is 0.343 e. The number of rotatable bonds is 8. The number of nitrogens with zero attached hydrogens (tertiary/aromatic N) is 5. The molecule has 2 heterocycles. The maximum absolute atomic E-state index is 3.99. The van der Waals surface area contributed by atoms with Gasteiger partial charge in [-0.1, -0.05) is 59.8 Å². The minimum Gasteiger partial charge on any atom is -0.343 e. The minimum atomic E-state index is 0.844. The predicted molar refractivity (Wildman–Crippen MR) is 113 cm³/mol. The van der Waals surface area contributed by atoms with E-state index in [1.807, 2.05) is 7.05 Å². The Kier molecular flexibility index (Phi) is 5.73. The average Bonchev–Trinajstić information content (AvgIpc) is 3.27. The molecule has 0 amide bonds. The molecule has 2 aromatic heterocycles. The third kappa shape index (κ3) is 4.26. The normalized spacial score (nSPS) is 11.4. The van der Waals surface area contributed by atoms with Gasteiger partial charge in [0.25, 0.3) is 0 Å². The third-order valence-electron chi connectivity index (χ3n) is 4.75. The lowest BCUT2D eigenvalue weighted by Crippen LogP contribution is -2.16. The van der Waals surface area contributed by atoms with Gasteiger partial charge in [0.15, 0.2) is 0 Å². The Labute approximate surface area is 168 Å². The SMILES string of the molecule is Cc1ccc(Cn2cc(CNCCSc3nnnn3C)c3ccccc32)cc1. The zero-order chi connectivity index (χ0) is 19.3. The molecular formula is C21H24N6S. The second kappa shape index (κ2) is 8.58. The van der Waals surface area contributed by atoms with Crippen LogP contribution in [0.25, 0.3) is 10.9 Å². The average molecular weight is 393 g/mol. The van der Waals surface area contributed by atoms with Crippen LogP contribution < -0.4 is 5.32 Å². The highest BCUT2D eigenvalue weighted by Crippen LogP contribution is 2.22. The van der Waals surface area contributed by atoms with Gasteiger partial charge in [0.1, 0.15) is 0 Å². The number of fused-ring (bicyclic) bond motifs is 1. The Morgan fingerprint density at radius 2 is 1.89 bits per heavy atom. The van der Waals surface area contributed by atoms with E-state index in [2.05, 4.69) is 87.1 Å². The lowest BCUT2D eigenvalue weighted by molar-refractivity contribution is 0.663. The van der Waals surface area contributed by atoms with Crippen molar-refractivity contribution >= 4 is 22.7 Å². The van der Waals surface area contributed by atoms with Crippen LogP contribution in [0.2, 0.25) is 0 Å². The molecule has 0 bridgehead atoms. The van der Waals surface area contributed by atoms with Crippen LogP contribution in [0.4, 0.5) is 0 Å². The number of para-hydroxylation sites is 1. The van der Waals surface area contributed by atoms with E-state index in [1.54, 1.807) is 16.4 Å². The number of tetrazole rings is 1. The van der Waals surface area contributed by atoms with Crippen LogP contribution in [0.15, 0.2) is 59.9 Å². The highest BCUT2D eigenvalue weighted by molar-refractivity contribution is 7.99. The summed E-state index contributed by atoms with van der Waals surface area (Å²) in [6.45, 7) is 4.75. The summed E-state index contributed by atoms with van der Waals surface area (Å²) >= 11 is 1.66. The van der Waals surface area contributed by atoms with Crippen molar-refractivity contribution in [1.82, 2.24) is 30.1 Å². The summed E-state index contributed by atoms with van der Waals surface area (Å²) in [5.41, 5.74) is 5.22. The molecule has 0 radical (unpaired) electrons. The van der Waals surface area contributed by atoms with Crippen LogP contribution in [-0.4, -0.2) is 37.1 Å². The molecule has 4 aromatic rings. The van der Waals surface area contributed by atoms with E-state index in [9.17, 15) is 0 Å². The van der Waals surface area contributed by atoms with Crippen LogP contribution in [0.3, 0.4) is 0 Å². The first-order valence-electron chi connectivity index (χ1n) is 9.39. The van der Waals surface area contributed by atoms with Gasteiger partial charge >= 0.3 is 0 Å². The zero-order valence-corrected chi connectivity index (χ0v) is 17.0. The summed E-state index contributed by atoms with van der Waals surface area (Å²) in [6, 6.07) is 17.4. The molecule has 0 unspecified atom stereocenters. The third-order valence-corrected chi connectivity index (χ3v) is 5.76. The maximum Gasteiger partial charge on any atom is 0.209 e. The van der Waals surface area contributed by atoms with Crippen molar-refractivity contribution in [3.63, 3.8) is 0 Å². The molecule has 1 N–H and O–H groups in total. The van der Waals surface area contributed by atoms with E-state index < -0.39 is 0 Å². The summed E-state index contributed by atoms with van der Waals surface area (Å²) < 4.78 is 4.04. The van der Waals surface area contributed by atoms with Gasteiger partial charge in [0, 0.05) is 49.5 Å². The standard InChI is InChI=1S/C21H24N6S/c1-16-7-9-17(10-8-16)14-27-15-18(19-5-3-4-6-20(19)27)13-22-11-12-28-21-23-24-25-26(21)2/h3-10,15,22H,11-14H2,1-2H3. The molecule has 0 aliphatic rings. The lowest BCUT2D eigenvalue weighted by Gasteiger charge is -2.06. The molecule has 2 aromatic carbocycles. The van der Waals surface area contributed by atoms with E-state index >= 15 is 0 Å². The van der Waals surface area contributed by atoms with Crippen LogP contribution >= 0.6 is 11.8 Å². The van der Waals surface area contributed by atoms with Gasteiger partial charge in [-0.3, -0.25) is 0 Å². The molecule has 0 atom stereocenters. The van der Waals surface area contributed by atoms with Crippen LogP contribution in [-0.2, 0) is 20.1 Å². The number of thioether (sulfide) groups is 1. The molecule has 28 heavy (non-hydrogen) atoms. The molecule has 0 saturated carbocycles. The zero-order valence-electron chi connectivity index (χ0n) is 16.2. The highest BCUT2D eigenvalue weighted by atomic mass is 32.2. The molecule has 4 rings (SSSR count). The summed E-state index contributed by atoms with van der Waals surface area (Å²) in [5, 5.41) is 17.2. The Morgan fingerprint density at radius 1 is 1.07 bits per heavy atom. The molecule has 7 heteroatoms. The molecule has 0 saturated heterocycles. The van der Waals surface area contributed by atoms with Crippen LogP contribution in [0.5, 0.6) is 0 Å². The minimum absolute atomic E-state index is 0.844. The van der Waals surface area contributed by atoms with Crippen LogP contribution in [0.1, 0.15) is 16.7 Å². The van der Waals surface area contributed by atoms with Gasteiger partial charge in [-0.05, 0) is 34.5 Å². The summed E-state index contributed by atoms with van der Waals surface area (Å²) in [6.07, 6.45) is 2.28. The van der Waals surface area contributed by atoms with Gasteiger partial charge in [-0.15, -0.1) is 5.10 Å². The van der Waals surface area contributed by atoms with E-state index in [0.29, 0.717) is 0 Å². The molecule has 0 aliphatic carbocycles. The molecular weight excluding hydrogens is 368 g/mol. The fraction of sp³-hybridized carbons (Fsp3) is 0.286. The van der Waals surface area contributed by atoms with E-state index in [0.717, 1.165) is 30.5 Å². The first-order chi connectivity index (χ1) is 13.7. The van der Waals surface area contributed by atoms with Crippen molar-refractivity contribution in [3.8, 4) is 0 Å². The Bertz CT molecular complexity index is 1050. The van der Waals surface area contributed by atoms with E-state index in [4.69, 9.17) is 0 Å². The van der Waals surface area contributed by atoms with Gasteiger partial charge in [0.2, 0.25) is 5.16 Å². The molecule has 0 fully saturated rings. The topological polar surface area (TPSA) is 60.6 Å². The number of hydrogen-bond acceptors (Lipinski definition) is 5. The number of benzene rings is 2. The lowest BCUT2D eigenvalue weighted by atomic mass is 10.1. The highest BCUT2D eigenvalue weighted by Gasteiger charge is 2.09. The van der Waals surface area contributed by atoms with Gasteiger partial charge in [0.05, 0.1) is 0 Å².